The summed E-state index contributed by atoms with van der Waals surface area (Å²) < 4.78 is 0. The number of aliphatic hydroxyl groups is 1. The van der Waals surface area contributed by atoms with Crippen LogP contribution in [0.2, 0.25) is 0 Å². The van der Waals surface area contributed by atoms with E-state index in [1.807, 2.05) is 0 Å². The molecular weight excluding hydrogens is 178 g/mol. The van der Waals surface area contributed by atoms with Gasteiger partial charge in [0.2, 0.25) is 0 Å². The highest BCUT2D eigenvalue weighted by molar-refractivity contribution is 4.91. The van der Waals surface area contributed by atoms with Crippen LogP contribution in [0.1, 0.15) is 12.8 Å². The SMILES string of the molecule is CN(C)CCNC1(CO)CCNCC1. The summed E-state index contributed by atoms with van der Waals surface area (Å²) >= 11 is 0. The van der Waals surface area contributed by atoms with Crippen molar-refractivity contribution < 1.29 is 5.11 Å². The van der Waals surface area contributed by atoms with E-state index in [1.165, 1.54) is 0 Å². The number of likely N-dealkylation sites (N-methyl/N-ethyl adjacent to an activating group) is 1. The molecule has 1 saturated heterocycles. The summed E-state index contributed by atoms with van der Waals surface area (Å²) in [5, 5.41) is 16.2. The van der Waals surface area contributed by atoms with Crippen molar-refractivity contribution in [2.45, 2.75) is 18.4 Å². The minimum Gasteiger partial charge on any atom is -0.394 e. The van der Waals surface area contributed by atoms with E-state index in [0.717, 1.165) is 39.0 Å². The first-order chi connectivity index (χ1) is 6.68. The van der Waals surface area contributed by atoms with Crippen LogP contribution >= 0.6 is 0 Å². The zero-order chi connectivity index (χ0) is 10.4. The molecule has 4 nitrogen and oxygen atoms in total. The summed E-state index contributed by atoms with van der Waals surface area (Å²) in [7, 11) is 4.13. The monoisotopic (exact) mass is 201 g/mol. The van der Waals surface area contributed by atoms with Gasteiger partial charge in [0.15, 0.2) is 0 Å². The molecular formula is C10H23N3O. The minimum absolute atomic E-state index is 0.0265. The fourth-order valence-electron chi connectivity index (χ4n) is 1.84. The molecule has 3 N–H and O–H groups in total. The smallest absolute Gasteiger partial charge is 0.0614 e. The second-order valence-corrected chi connectivity index (χ2v) is 4.42. The Bertz CT molecular complexity index is 155. The average molecular weight is 201 g/mol. The van der Waals surface area contributed by atoms with Crippen molar-refractivity contribution in [1.29, 1.82) is 0 Å². The molecule has 0 saturated carbocycles. The van der Waals surface area contributed by atoms with Gasteiger partial charge in [-0.2, -0.15) is 0 Å². The van der Waals surface area contributed by atoms with Crippen LogP contribution in [0.15, 0.2) is 0 Å². The molecule has 0 atom stereocenters. The summed E-state index contributed by atoms with van der Waals surface area (Å²) in [5.74, 6) is 0. The lowest BCUT2D eigenvalue weighted by molar-refractivity contribution is 0.125. The van der Waals surface area contributed by atoms with Gasteiger partial charge in [-0.3, -0.25) is 0 Å². The lowest BCUT2D eigenvalue weighted by Crippen LogP contribution is -2.56. The Morgan fingerprint density at radius 1 is 1.36 bits per heavy atom. The Morgan fingerprint density at radius 3 is 2.50 bits per heavy atom. The van der Waals surface area contributed by atoms with Gasteiger partial charge in [-0.15, -0.1) is 0 Å². The number of piperidine rings is 1. The number of nitrogens with zero attached hydrogens (tertiary/aromatic N) is 1. The summed E-state index contributed by atoms with van der Waals surface area (Å²) in [5.41, 5.74) is -0.0265. The topological polar surface area (TPSA) is 47.5 Å². The van der Waals surface area contributed by atoms with Crippen molar-refractivity contribution in [3.8, 4) is 0 Å². The molecule has 1 rings (SSSR count). The average Bonchev–Trinajstić information content (AvgIpc) is 2.19. The van der Waals surface area contributed by atoms with Crippen molar-refractivity contribution >= 4 is 0 Å². The molecule has 0 amide bonds. The van der Waals surface area contributed by atoms with Gasteiger partial charge in [-0.05, 0) is 40.0 Å². The molecule has 0 radical (unpaired) electrons. The third-order valence-corrected chi connectivity index (χ3v) is 2.92. The highest BCUT2D eigenvalue weighted by atomic mass is 16.3. The molecule has 0 aromatic heterocycles. The predicted octanol–water partition coefficient (Wildman–Crippen LogP) is -0.748. The standard InChI is InChI=1S/C10H23N3O/c1-13(2)8-7-12-10(9-14)3-5-11-6-4-10/h11-12,14H,3-9H2,1-2H3. The van der Waals surface area contributed by atoms with E-state index in [0.29, 0.717) is 0 Å². The van der Waals surface area contributed by atoms with Crippen LogP contribution < -0.4 is 10.6 Å². The maximum absolute atomic E-state index is 9.40. The maximum Gasteiger partial charge on any atom is 0.0614 e. The molecule has 1 heterocycles. The van der Waals surface area contributed by atoms with Gasteiger partial charge in [0.1, 0.15) is 0 Å². The van der Waals surface area contributed by atoms with Crippen LogP contribution in [-0.4, -0.2) is 62.4 Å². The van der Waals surface area contributed by atoms with E-state index < -0.39 is 0 Å². The van der Waals surface area contributed by atoms with Crippen LogP contribution in [-0.2, 0) is 0 Å². The largest absolute Gasteiger partial charge is 0.394 e. The Morgan fingerprint density at radius 2 is 2.00 bits per heavy atom. The van der Waals surface area contributed by atoms with Crippen molar-refractivity contribution in [2.24, 2.45) is 0 Å². The predicted molar refractivity (Wildman–Crippen MR) is 58.5 cm³/mol. The lowest BCUT2D eigenvalue weighted by atomic mass is 9.89. The first kappa shape index (κ1) is 11.9. The summed E-state index contributed by atoms with van der Waals surface area (Å²) in [4.78, 5) is 2.15. The van der Waals surface area contributed by atoms with Gasteiger partial charge < -0.3 is 20.6 Å². The molecule has 14 heavy (non-hydrogen) atoms. The number of hydrogen-bond acceptors (Lipinski definition) is 4. The Balaban J connectivity index is 2.29. The van der Waals surface area contributed by atoms with Crippen molar-refractivity contribution in [3.63, 3.8) is 0 Å². The Kier molecular flexibility index (Phi) is 4.81. The molecule has 0 aromatic rings. The van der Waals surface area contributed by atoms with Crippen LogP contribution in [0.5, 0.6) is 0 Å². The molecule has 0 aromatic carbocycles. The van der Waals surface area contributed by atoms with E-state index in [-0.39, 0.29) is 12.1 Å². The number of aliphatic hydroxyl groups excluding tert-OH is 1. The first-order valence-electron chi connectivity index (χ1n) is 5.40. The normalized spacial score (nSPS) is 21.4. The van der Waals surface area contributed by atoms with Crippen LogP contribution in [0.4, 0.5) is 0 Å². The van der Waals surface area contributed by atoms with Crippen LogP contribution in [0.3, 0.4) is 0 Å². The van der Waals surface area contributed by atoms with Gasteiger partial charge in [0.25, 0.3) is 0 Å². The lowest BCUT2D eigenvalue weighted by Gasteiger charge is -2.37. The van der Waals surface area contributed by atoms with Crippen LogP contribution in [0, 0.1) is 0 Å². The maximum atomic E-state index is 9.40. The highest BCUT2D eigenvalue weighted by Crippen LogP contribution is 2.16. The van der Waals surface area contributed by atoms with Gasteiger partial charge in [-0.1, -0.05) is 0 Å². The second kappa shape index (κ2) is 5.66. The number of hydrogen-bond donors (Lipinski definition) is 3. The fourth-order valence-corrected chi connectivity index (χ4v) is 1.84. The van der Waals surface area contributed by atoms with E-state index >= 15 is 0 Å². The molecule has 0 unspecified atom stereocenters. The molecule has 1 fully saturated rings. The fraction of sp³-hybridized carbons (Fsp3) is 1.00. The number of rotatable bonds is 5. The van der Waals surface area contributed by atoms with Crippen LogP contribution in [0.25, 0.3) is 0 Å². The third-order valence-electron chi connectivity index (χ3n) is 2.92. The van der Waals surface area contributed by atoms with Crippen molar-refractivity contribution in [3.05, 3.63) is 0 Å². The van der Waals surface area contributed by atoms with Gasteiger partial charge in [0.05, 0.1) is 6.61 Å². The van der Waals surface area contributed by atoms with Crippen molar-refractivity contribution in [1.82, 2.24) is 15.5 Å². The Hall–Kier alpha value is -0.160. The number of nitrogens with one attached hydrogen (secondary N) is 2. The summed E-state index contributed by atoms with van der Waals surface area (Å²) in [6.07, 6.45) is 2.05. The van der Waals surface area contributed by atoms with E-state index in [1.54, 1.807) is 0 Å². The molecule has 1 aliphatic rings. The van der Waals surface area contributed by atoms with E-state index in [9.17, 15) is 5.11 Å². The van der Waals surface area contributed by atoms with Gasteiger partial charge >= 0.3 is 0 Å². The first-order valence-corrected chi connectivity index (χ1v) is 5.40. The summed E-state index contributed by atoms with van der Waals surface area (Å²) in [6, 6.07) is 0. The van der Waals surface area contributed by atoms with Gasteiger partial charge in [0, 0.05) is 18.6 Å². The van der Waals surface area contributed by atoms with Crippen molar-refractivity contribution in [2.75, 3.05) is 46.9 Å². The van der Waals surface area contributed by atoms with E-state index in [4.69, 9.17) is 0 Å². The molecule has 0 spiro atoms. The zero-order valence-electron chi connectivity index (χ0n) is 9.34. The minimum atomic E-state index is -0.0265. The van der Waals surface area contributed by atoms with E-state index in [2.05, 4.69) is 29.6 Å². The highest BCUT2D eigenvalue weighted by Gasteiger charge is 2.30. The van der Waals surface area contributed by atoms with Gasteiger partial charge in [-0.25, -0.2) is 0 Å². The Labute approximate surface area is 86.7 Å². The molecule has 0 bridgehead atoms. The molecule has 0 aliphatic carbocycles. The second-order valence-electron chi connectivity index (χ2n) is 4.42. The quantitative estimate of drug-likeness (QED) is 0.548. The molecule has 84 valence electrons. The molecule has 1 aliphatic heterocycles. The third kappa shape index (κ3) is 3.53. The molecule has 4 heteroatoms. The zero-order valence-corrected chi connectivity index (χ0v) is 9.34. The summed E-state index contributed by atoms with van der Waals surface area (Å²) in [6.45, 7) is 4.25.